The average Bonchev–Trinajstić information content (AvgIpc) is 2.83. The van der Waals surface area contributed by atoms with Gasteiger partial charge in [-0.1, -0.05) is 41.0 Å². The number of aryl methyl sites for hydroxylation is 1. The van der Waals surface area contributed by atoms with E-state index < -0.39 is 0 Å². The fourth-order valence-corrected chi connectivity index (χ4v) is 4.42. The van der Waals surface area contributed by atoms with Gasteiger partial charge in [-0.15, -0.1) is 11.3 Å². The summed E-state index contributed by atoms with van der Waals surface area (Å²) in [5, 5.41) is 5.86. The number of aromatic nitrogens is 1. The van der Waals surface area contributed by atoms with Crippen LogP contribution in [0.1, 0.15) is 31.1 Å². The number of hydrogen-bond acceptors (Lipinski definition) is 4. The third-order valence-corrected chi connectivity index (χ3v) is 5.78. The largest absolute Gasteiger partial charge is 0.349 e. The van der Waals surface area contributed by atoms with E-state index in [1.807, 2.05) is 32.2 Å². The van der Waals surface area contributed by atoms with Gasteiger partial charge >= 0.3 is 0 Å². The highest BCUT2D eigenvalue weighted by molar-refractivity contribution is 8.02. The standard InChI is InChI=1S/C15H16Cl2N2OS2/c1-8-7-21-15(18-8)22-10(3)14(20)19-9(2)12-5-4-11(16)6-13(12)17/h4-7,9-10H,1-3H3,(H,19,20)/t9-,10+/m0/s1. The number of carbonyl (C=O) groups excluding carboxylic acids is 1. The van der Waals surface area contributed by atoms with Crippen LogP contribution in [0.5, 0.6) is 0 Å². The van der Waals surface area contributed by atoms with Gasteiger partial charge in [0.05, 0.1) is 11.3 Å². The van der Waals surface area contributed by atoms with Crippen LogP contribution in [-0.2, 0) is 4.79 Å². The molecule has 2 rings (SSSR count). The van der Waals surface area contributed by atoms with Crippen molar-refractivity contribution in [3.05, 3.63) is 44.9 Å². The summed E-state index contributed by atoms with van der Waals surface area (Å²) >= 11 is 15.1. The Morgan fingerprint density at radius 2 is 2.09 bits per heavy atom. The van der Waals surface area contributed by atoms with Crippen molar-refractivity contribution in [2.75, 3.05) is 0 Å². The highest BCUT2D eigenvalue weighted by atomic mass is 35.5. The van der Waals surface area contributed by atoms with Crippen LogP contribution >= 0.6 is 46.3 Å². The number of nitrogens with zero attached hydrogens (tertiary/aromatic N) is 1. The molecule has 0 bridgehead atoms. The number of nitrogens with one attached hydrogen (secondary N) is 1. The summed E-state index contributed by atoms with van der Waals surface area (Å²) in [5.41, 5.74) is 1.82. The molecule has 1 amide bonds. The molecule has 0 aliphatic carbocycles. The lowest BCUT2D eigenvalue weighted by molar-refractivity contribution is -0.120. The van der Waals surface area contributed by atoms with Crippen LogP contribution in [0.2, 0.25) is 10.0 Å². The lowest BCUT2D eigenvalue weighted by atomic mass is 10.1. The van der Waals surface area contributed by atoms with Crippen molar-refractivity contribution >= 4 is 52.2 Å². The van der Waals surface area contributed by atoms with Gasteiger partial charge in [0.15, 0.2) is 4.34 Å². The van der Waals surface area contributed by atoms with Crippen molar-refractivity contribution in [2.24, 2.45) is 0 Å². The third-order valence-electron chi connectivity index (χ3n) is 3.03. The third kappa shape index (κ3) is 4.62. The number of halogens is 2. The highest BCUT2D eigenvalue weighted by Crippen LogP contribution is 2.29. The number of hydrogen-bond donors (Lipinski definition) is 1. The molecule has 0 spiro atoms. The summed E-state index contributed by atoms with van der Waals surface area (Å²) in [6.07, 6.45) is 0. The molecule has 1 heterocycles. The van der Waals surface area contributed by atoms with Crippen LogP contribution < -0.4 is 5.32 Å². The van der Waals surface area contributed by atoms with Gasteiger partial charge in [0.25, 0.3) is 0 Å². The van der Waals surface area contributed by atoms with Crippen LogP contribution in [0.3, 0.4) is 0 Å². The number of amides is 1. The summed E-state index contributed by atoms with van der Waals surface area (Å²) in [4.78, 5) is 16.7. The molecule has 0 fully saturated rings. The van der Waals surface area contributed by atoms with Crippen LogP contribution in [-0.4, -0.2) is 16.1 Å². The molecule has 2 atom stereocenters. The molecular formula is C15H16Cl2N2OS2. The molecule has 1 aromatic carbocycles. The Labute approximate surface area is 148 Å². The summed E-state index contributed by atoms with van der Waals surface area (Å²) in [6, 6.07) is 5.09. The zero-order chi connectivity index (χ0) is 16.3. The van der Waals surface area contributed by atoms with E-state index in [4.69, 9.17) is 23.2 Å². The van der Waals surface area contributed by atoms with E-state index in [2.05, 4.69) is 10.3 Å². The lowest BCUT2D eigenvalue weighted by Gasteiger charge is -2.18. The number of benzene rings is 1. The van der Waals surface area contributed by atoms with Crippen LogP contribution in [0.25, 0.3) is 0 Å². The summed E-state index contributed by atoms with van der Waals surface area (Å²) in [5.74, 6) is -0.0450. The number of thiazole rings is 1. The second-order valence-corrected chi connectivity index (χ2v) is 8.20. The summed E-state index contributed by atoms with van der Waals surface area (Å²) in [7, 11) is 0. The molecule has 0 radical (unpaired) electrons. The maximum absolute atomic E-state index is 12.3. The van der Waals surface area contributed by atoms with Crippen LogP contribution in [0, 0.1) is 6.92 Å². The molecule has 0 saturated carbocycles. The van der Waals surface area contributed by atoms with Crippen molar-refractivity contribution in [2.45, 2.75) is 36.4 Å². The first kappa shape index (κ1) is 17.6. The van der Waals surface area contributed by atoms with Gasteiger partial charge in [0.1, 0.15) is 0 Å². The average molecular weight is 375 g/mol. The predicted molar refractivity (Wildman–Crippen MR) is 95.2 cm³/mol. The second-order valence-electron chi connectivity index (χ2n) is 4.91. The summed E-state index contributed by atoms with van der Waals surface area (Å²) < 4.78 is 0.900. The van der Waals surface area contributed by atoms with E-state index in [-0.39, 0.29) is 17.2 Å². The smallest absolute Gasteiger partial charge is 0.233 e. The maximum Gasteiger partial charge on any atom is 0.233 e. The molecular weight excluding hydrogens is 359 g/mol. The lowest BCUT2D eigenvalue weighted by Crippen LogP contribution is -2.33. The minimum atomic E-state index is -0.223. The van der Waals surface area contributed by atoms with E-state index in [1.165, 1.54) is 11.8 Å². The first-order valence-electron chi connectivity index (χ1n) is 6.71. The molecule has 1 N–H and O–H groups in total. The number of rotatable bonds is 5. The second kappa shape index (κ2) is 7.68. The van der Waals surface area contributed by atoms with Gasteiger partial charge in [-0.3, -0.25) is 4.79 Å². The van der Waals surface area contributed by atoms with E-state index in [1.54, 1.807) is 23.5 Å². The van der Waals surface area contributed by atoms with E-state index in [9.17, 15) is 4.79 Å². The number of carbonyl (C=O) groups is 1. The Balaban J connectivity index is 1.98. The van der Waals surface area contributed by atoms with Crippen LogP contribution in [0.4, 0.5) is 0 Å². The SMILES string of the molecule is Cc1csc(S[C@H](C)C(=O)N[C@@H](C)c2ccc(Cl)cc2Cl)n1. The van der Waals surface area contributed by atoms with Gasteiger partial charge in [0, 0.05) is 21.1 Å². The monoisotopic (exact) mass is 374 g/mol. The highest BCUT2D eigenvalue weighted by Gasteiger charge is 2.19. The van der Waals surface area contributed by atoms with E-state index in [0.29, 0.717) is 10.0 Å². The molecule has 118 valence electrons. The Morgan fingerprint density at radius 1 is 1.36 bits per heavy atom. The molecule has 3 nitrogen and oxygen atoms in total. The Morgan fingerprint density at radius 3 is 2.68 bits per heavy atom. The fraction of sp³-hybridized carbons (Fsp3) is 0.333. The normalized spacial score (nSPS) is 13.7. The van der Waals surface area contributed by atoms with Crippen LogP contribution in [0.15, 0.2) is 27.9 Å². The minimum Gasteiger partial charge on any atom is -0.349 e. The zero-order valence-electron chi connectivity index (χ0n) is 12.4. The van der Waals surface area contributed by atoms with Gasteiger partial charge in [-0.2, -0.15) is 0 Å². The van der Waals surface area contributed by atoms with Gasteiger partial charge < -0.3 is 5.32 Å². The number of thioether (sulfide) groups is 1. The van der Waals surface area contributed by atoms with Gasteiger partial charge in [-0.25, -0.2) is 4.98 Å². The first-order chi connectivity index (χ1) is 10.4. The summed E-state index contributed by atoms with van der Waals surface area (Å²) in [6.45, 7) is 5.71. The fourth-order valence-electron chi connectivity index (χ4n) is 1.85. The van der Waals surface area contributed by atoms with Crippen molar-refractivity contribution in [1.82, 2.24) is 10.3 Å². The minimum absolute atomic E-state index is 0.0450. The molecule has 0 aliphatic rings. The molecule has 0 saturated heterocycles. The Bertz CT molecular complexity index is 675. The van der Waals surface area contributed by atoms with Gasteiger partial charge in [0.2, 0.25) is 5.91 Å². The van der Waals surface area contributed by atoms with Crippen molar-refractivity contribution in [3.8, 4) is 0 Å². The molecule has 22 heavy (non-hydrogen) atoms. The molecule has 2 aromatic rings. The molecule has 0 unspecified atom stereocenters. The zero-order valence-corrected chi connectivity index (χ0v) is 15.5. The quantitative estimate of drug-likeness (QED) is 0.738. The van der Waals surface area contributed by atoms with Crippen molar-refractivity contribution < 1.29 is 4.79 Å². The Hall–Kier alpha value is -0.750. The maximum atomic E-state index is 12.3. The Kier molecular flexibility index (Phi) is 6.15. The van der Waals surface area contributed by atoms with Gasteiger partial charge in [-0.05, 0) is 38.5 Å². The predicted octanol–water partition coefficient (Wildman–Crippen LogP) is 5.12. The molecule has 7 heteroatoms. The molecule has 0 aliphatic heterocycles. The molecule has 1 aromatic heterocycles. The van der Waals surface area contributed by atoms with E-state index >= 15 is 0 Å². The van der Waals surface area contributed by atoms with E-state index in [0.717, 1.165) is 15.6 Å². The topological polar surface area (TPSA) is 42.0 Å². The van der Waals surface area contributed by atoms with Crippen molar-refractivity contribution in [1.29, 1.82) is 0 Å². The van der Waals surface area contributed by atoms with Crippen molar-refractivity contribution in [3.63, 3.8) is 0 Å². The first-order valence-corrected chi connectivity index (χ1v) is 9.22.